The average Bonchev–Trinajstić information content (AvgIpc) is 2.87. The summed E-state index contributed by atoms with van der Waals surface area (Å²) < 4.78 is 0. The van der Waals surface area contributed by atoms with Crippen molar-refractivity contribution in [3.8, 4) is 0 Å². The molecule has 3 aromatic carbocycles. The largest absolute Gasteiger partial charge is 0.289 e. The number of carbonyl (C=O) groups is 2. The van der Waals surface area contributed by atoms with Crippen LogP contribution in [0, 0.1) is 0 Å². The van der Waals surface area contributed by atoms with E-state index in [1.165, 1.54) is 0 Å². The first kappa shape index (κ1) is 21.5. The smallest absolute Gasteiger partial charge is 0.193 e. The fourth-order valence-electron chi connectivity index (χ4n) is 3.93. The minimum Gasteiger partial charge on any atom is -0.289 e. The van der Waals surface area contributed by atoms with E-state index in [9.17, 15) is 9.59 Å². The normalized spacial score (nSPS) is 14.6. The zero-order chi connectivity index (χ0) is 22.2. The van der Waals surface area contributed by atoms with E-state index in [1.54, 1.807) is 12.1 Å². The lowest BCUT2D eigenvalue weighted by molar-refractivity contribution is -0.112. The topological polar surface area (TPSA) is 34.1 Å². The van der Waals surface area contributed by atoms with Crippen LogP contribution < -0.4 is 0 Å². The summed E-state index contributed by atoms with van der Waals surface area (Å²) in [6.07, 6.45) is 9.49. The van der Waals surface area contributed by atoms with Gasteiger partial charge in [0.05, 0.1) is 0 Å². The van der Waals surface area contributed by atoms with E-state index < -0.39 is 0 Å². The number of hydrogen-bond donors (Lipinski definition) is 0. The van der Waals surface area contributed by atoms with E-state index in [0.29, 0.717) is 16.7 Å². The highest BCUT2D eigenvalue weighted by molar-refractivity contribution is 6.26. The Morgan fingerprint density at radius 1 is 0.594 bits per heavy atom. The Bertz CT molecular complexity index is 1170. The first-order valence-electron chi connectivity index (χ1n) is 11.1. The summed E-state index contributed by atoms with van der Waals surface area (Å²) in [6, 6.07) is 28.6. The van der Waals surface area contributed by atoms with Crippen LogP contribution in [-0.4, -0.2) is 11.6 Å². The quantitative estimate of drug-likeness (QED) is 0.233. The lowest BCUT2D eigenvalue weighted by atomic mass is 9.85. The monoisotopic (exact) mass is 418 g/mol. The Kier molecular flexibility index (Phi) is 7.04. The molecular weight excluding hydrogens is 392 g/mol. The van der Waals surface area contributed by atoms with Crippen molar-refractivity contribution in [2.24, 2.45) is 0 Å². The van der Waals surface area contributed by atoms with Crippen LogP contribution in [0.15, 0.2) is 114 Å². The molecule has 0 aromatic heterocycles. The predicted octanol–water partition coefficient (Wildman–Crippen LogP) is 7.11. The van der Waals surface area contributed by atoms with E-state index in [4.69, 9.17) is 0 Å². The number of carbonyl (C=O) groups excluding carboxylic acids is 2. The minimum absolute atomic E-state index is 0.0555. The van der Waals surface area contributed by atoms with Gasteiger partial charge in [0.15, 0.2) is 11.6 Å². The van der Waals surface area contributed by atoms with Gasteiger partial charge in [0.1, 0.15) is 0 Å². The highest BCUT2D eigenvalue weighted by atomic mass is 16.1. The Labute approximate surface area is 189 Å². The van der Waals surface area contributed by atoms with Crippen molar-refractivity contribution in [2.45, 2.75) is 25.7 Å². The van der Waals surface area contributed by atoms with Gasteiger partial charge >= 0.3 is 0 Å². The van der Waals surface area contributed by atoms with Crippen LogP contribution in [0.4, 0.5) is 0 Å². The van der Waals surface area contributed by atoms with E-state index >= 15 is 0 Å². The van der Waals surface area contributed by atoms with Gasteiger partial charge in [0.25, 0.3) is 0 Å². The van der Waals surface area contributed by atoms with Crippen LogP contribution in [0.1, 0.15) is 47.2 Å². The summed E-state index contributed by atoms with van der Waals surface area (Å²) in [6.45, 7) is 0. The molecule has 4 rings (SSSR count). The number of benzene rings is 3. The zero-order valence-corrected chi connectivity index (χ0v) is 18.0. The van der Waals surface area contributed by atoms with Gasteiger partial charge in [-0.2, -0.15) is 0 Å². The lowest BCUT2D eigenvalue weighted by Gasteiger charge is -2.16. The number of ketones is 2. The molecule has 0 atom stereocenters. The van der Waals surface area contributed by atoms with Crippen molar-refractivity contribution in [2.75, 3.05) is 0 Å². The van der Waals surface area contributed by atoms with Crippen molar-refractivity contribution in [3.05, 3.63) is 130 Å². The van der Waals surface area contributed by atoms with Crippen LogP contribution in [0.2, 0.25) is 0 Å². The number of hydrogen-bond acceptors (Lipinski definition) is 2. The second-order valence-electron chi connectivity index (χ2n) is 7.94. The molecule has 3 aromatic rings. The molecule has 0 unspecified atom stereocenters. The maximum Gasteiger partial charge on any atom is 0.193 e. The molecule has 2 nitrogen and oxygen atoms in total. The molecule has 32 heavy (non-hydrogen) atoms. The second-order valence-corrected chi connectivity index (χ2v) is 7.94. The van der Waals surface area contributed by atoms with Crippen molar-refractivity contribution in [1.82, 2.24) is 0 Å². The first-order valence-corrected chi connectivity index (χ1v) is 11.1. The summed E-state index contributed by atoms with van der Waals surface area (Å²) in [7, 11) is 0. The number of allylic oxidation sites excluding steroid dienone is 4. The molecule has 0 bridgehead atoms. The van der Waals surface area contributed by atoms with Gasteiger partial charge in [-0.1, -0.05) is 97.1 Å². The fraction of sp³-hybridized carbons (Fsp3) is 0.133. The molecule has 0 N–H and O–H groups in total. The molecule has 0 saturated carbocycles. The zero-order valence-electron chi connectivity index (χ0n) is 18.0. The van der Waals surface area contributed by atoms with Gasteiger partial charge in [0.2, 0.25) is 0 Å². The van der Waals surface area contributed by atoms with Gasteiger partial charge in [0, 0.05) is 16.7 Å². The summed E-state index contributed by atoms with van der Waals surface area (Å²) in [4.78, 5) is 27.4. The summed E-state index contributed by atoms with van der Waals surface area (Å²) >= 11 is 0. The van der Waals surface area contributed by atoms with Crippen molar-refractivity contribution in [3.63, 3.8) is 0 Å². The van der Waals surface area contributed by atoms with Crippen LogP contribution in [-0.2, 0) is 4.79 Å². The van der Waals surface area contributed by atoms with Crippen molar-refractivity contribution >= 4 is 23.7 Å². The number of rotatable bonds is 7. The third-order valence-electron chi connectivity index (χ3n) is 5.62. The van der Waals surface area contributed by atoms with Crippen LogP contribution in [0.3, 0.4) is 0 Å². The van der Waals surface area contributed by atoms with Gasteiger partial charge in [-0.15, -0.1) is 0 Å². The highest BCUT2D eigenvalue weighted by Gasteiger charge is 2.25. The SMILES string of the molecule is O=C(C1=CCCCC1)C(=Cc1ccccc1)C(=Cc1ccccc1)C(=O)c1ccccc1. The molecule has 0 amide bonds. The van der Waals surface area contributed by atoms with Gasteiger partial charge < -0.3 is 0 Å². The van der Waals surface area contributed by atoms with E-state index in [1.807, 2.05) is 97.1 Å². The van der Waals surface area contributed by atoms with Gasteiger partial charge in [-0.25, -0.2) is 0 Å². The third-order valence-corrected chi connectivity index (χ3v) is 5.62. The highest BCUT2D eigenvalue weighted by Crippen LogP contribution is 2.29. The molecule has 2 heteroatoms. The van der Waals surface area contributed by atoms with E-state index in [2.05, 4.69) is 0 Å². The molecule has 158 valence electrons. The molecule has 1 aliphatic rings. The Morgan fingerprint density at radius 3 is 1.59 bits per heavy atom. The van der Waals surface area contributed by atoms with Crippen molar-refractivity contribution < 1.29 is 9.59 Å². The third kappa shape index (κ3) is 5.28. The first-order chi connectivity index (χ1) is 15.7. The summed E-state index contributed by atoms with van der Waals surface area (Å²) in [5.41, 5.74) is 4.02. The Hall–Kier alpha value is -3.78. The average molecular weight is 419 g/mol. The predicted molar refractivity (Wildman–Crippen MR) is 131 cm³/mol. The second kappa shape index (κ2) is 10.5. The fourth-order valence-corrected chi connectivity index (χ4v) is 3.93. The van der Waals surface area contributed by atoms with Crippen molar-refractivity contribution in [1.29, 1.82) is 0 Å². The van der Waals surface area contributed by atoms with Gasteiger partial charge in [-0.05, 0) is 54.5 Å². The van der Waals surface area contributed by atoms with E-state index in [0.717, 1.165) is 42.4 Å². The maximum absolute atomic E-state index is 13.7. The molecule has 0 radical (unpaired) electrons. The maximum atomic E-state index is 13.7. The van der Waals surface area contributed by atoms with E-state index in [-0.39, 0.29) is 11.6 Å². The molecule has 0 saturated heterocycles. The molecule has 0 heterocycles. The molecule has 1 aliphatic carbocycles. The Balaban J connectivity index is 1.88. The van der Waals surface area contributed by atoms with Gasteiger partial charge in [-0.3, -0.25) is 9.59 Å². The minimum atomic E-state index is -0.151. The standard InChI is InChI=1S/C30H26O2/c31-29(25-17-9-3-10-18-25)27(21-23-13-5-1-6-14-23)28(22-24-15-7-2-8-16-24)30(32)26-19-11-4-12-20-26/h1-3,5-10,13-19,21-22H,4,11-12,20H2. The molecule has 0 aliphatic heterocycles. The summed E-state index contributed by atoms with van der Waals surface area (Å²) in [5.74, 6) is -0.207. The molecular formula is C30H26O2. The molecule has 0 fully saturated rings. The molecule has 0 spiro atoms. The Morgan fingerprint density at radius 2 is 1.09 bits per heavy atom. The number of Topliss-reactive ketones (excluding diaryl/α,β-unsaturated/α-hetero) is 2. The van der Waals surface area contributed by atoms with Crippen LogP contribution >= 0.6 is 0 Å². The summed E-state index contributed by atoms with van der Waals surface area (Å²) in [5, 5.41) is 0. The van der Waals surface area contributed by atoms with Crippen LogP contribution in [0.5, 0.6) is 0 Å². The van der Waals surface area contributed by atoms with Crippen LogP contribution in [0.25, 0.3) is 12.2 Å². The lowest BCUT2D eigenvalue weighted by Crippen LogP contribution is -2.16.